The number of cyclic esters (lactones) is 1. The number of halogens is 1. The number of esters is 1. The van der Waals surface area contributed by atoms with Crippen molar-refractivity contribution in [1.82, 2.24) is 0 Å². The van der Waals surface area contributed by atoms with E-state index in [2.05, 4.69) is 15.9 Å². The number of rotatable bonds is 3. The maximum absolute atomic E-state index is 11.7. The Morgan fingerprint density at radius 3 is 2.32 bits per heavy atom. The molecule has 0 amide bonds. The smallest absolute Gasteiger partial charge is 0.334 e. The number of benzene rings is 2. The molecule has 1 heterocycles. The van der Waals surface area contributed by atoms with Crippen molar-refractivity contribution in [2.45, 2.75) is 6.42 Å². The van der Waals surface area contributed by atoms with Gasteiger partial charge in [0.2, 0.25) is 0 Å². The van der Waals surface area contributed by atoms with Crippen molar-refractivity contribution in [1.29, 1.82) is 0 Å². The molecule has 1 aliphatic rings. The van der Waals surface area contributed by atoms with E-state index in [9.17, 15) is 4.79 Å². The highest BCUT2D eigenvalue weighted by atomic mass is 79.9. The molecular weight excluding hydrogens is 348 g/mol. The summed E-state index contributed by atoms with van der Waals surface area (Å²) >= 11 is 3.58. The van der Waals surface area contributed by atoms with E-state index in [0.717, 1.165) is 26.6 Å². The van der Waals surface area contributed by atoms with Crippen molar-refractivity contribution in [3.8, 4) is 11.5 Å². The Morgan fingerprint density at radius 1 is 1.14 bits per heavy atom. The zero-order chi connectivity index (χ0) is 15.7. The molecule has 22 heavy (non-hydrogen) atoms. The lowest BCUT2D eigenvalue weighted by molar-refractivity contribution is -0.134. The van der Waals surface area contributed by atoms with Gasteiger partial charge in [-0.2, -0.15) is 0 Å². The third-order valence-corrected chi connectivity index (χ3v) is 4.48. The standard InChI is InChI=1S/C17H15BrO4/c1-20-15-11-5-3-4-6-12(11)16(21-2)14(18)13(15)9-10-7-8-22-17(10)19/h3-6,9H,7-8H2,1-2H3/b10-9+. The van der Waals surface area contributed by atoms with Crippen LogP contribution < -0.4 is 9.47 Å². The van der Waals surface area contributed by atoms with Crippen molar-refractivity contribution in [3.63, 3.8) is 0 Å². The summed E-state index contributed by atoms with van der Waals surface area (Å²) in [6.07, 6.45) is 2.41. The number of carbonyl (C=O) groups excluding carboxylic acids is 1. The third kappa shape index (κ3) is 2.35. The summed E-state index contributed by atoms with van der Waals surface area (Å²) in [5.74, 6) is 1.14. The summed E-state index contributed by atoms with van der Waals surface area (Å²) in [5, 5.41) is 1.88. The van der Waals surface area contributed by atoms with Crippen LogP contribution in [0, 0.1) is 0 Å². The highest BCUT2D eigenvalue weighted by Crippen LogP contribution is 2.45. The van der Waals surface area contributed by atoms with Crippen LogP contribution in [0.25, 0.3) is 16.8 Å². The molecule has 0 atom stereocenters. The molecule has 5 heteroatoms. The normalized spacial score (nSPS) is 16.1. The Balaban J connectivity index is 2.33. The maximum atomic E-state index is 11.7. The van der Waals surface area contributed by atoms with Crippen molar-refractivity contribution in [2.24, 2.45) is 0 Å². The molecule has 0 spiro atoms. The summed E-state index contributed by atoms with van der Waals surface area (Å²) < 4.78 is 16.9. The molecule has 114 valence electrons. The van der Waals surface area contributed by atoms with Crippen LogP contribution in [-0.4, -0.2) is 26.8 Å². The van der Waals surface area contributed by atoms with Gasteiger partial charge in [0.1, 0.15) is 11.5 Å². The predicted octanol–water partition coefficient (Wildman–Crippen LogP) is 3.95. The average molecular weight is 363 g/mol. The number of hydrogen-bond donors (Lipinski definition) is 0. The van der Waals surface area contributed by atoms with E-state index in [4.69, 9.17) is 14.2 Å². The second-order valence-electron chi connectivity index (χ2n) is 4.90. The molecule has 0 aromatic heterocycles. The van der Waals surface area contributed by atoms with Gasteiger partial charge < -0.3 is 14.2 Å². The molecular formula is C17H15BrO4. The first kappa shape index (κ1) is 14.9. The average Bonchev–Trinajstić information content (AvgIpc) is 2.93. The lowest BCUT2D eigenvalue weighted by Crippen LogP contribution is -1.98. The lowest BCUT2D eigenvalue weighted by atomic mass is 10.0. The van der Waals surface area contributed by atoms with Crippen molar-refractivity contribution < 1.29 is 19.0 Å². The van der Waals surface area contributed by atoms with Gasteiger partial charge in [0, 0.05) is 28.3 Å². The van der Waals surface area contributed by atoms with E-state index >= 15 is 0 Å². The van der Waals surface area contributed by atoms with E-state index in [0.29, 0.717) is 24.4 Å². The van der Waals surface area contributed by atoms with Crippen LogP contribution in [0.3, 0.4) is 0 Å². The van der Waals surface area contributed by atoms with Crippen LogP contribution in [0.15, 0.2) is 34.3 Å². The third-order valence-electron chi connectivity index (χ3n) is 3.69. The van der Waals surface area contributed by atoms with Gasteiger partial charge in [0.25, 0.3) is 0 Å². The summed E-state index contributed by atoms with van der Waals surface area (Å²) in [6.45, 7) is 0.426. The highest BCUT2D eigenvalue weighted by Gasteiger charge is 2.23. The first-order valence-electron chi connectivity index (χ1n) is 6.87. The molecule has 0 bridgehead atoms. The number of ether oxygens (including phenoxy) is 3. The van der Waals surface area contributed by atoms with Gasteiger partial charge in [0.05, 0.1) is 25.3 Å². The number of fused-ring (bicyclic) bond motifs is 1. The minimum Gasteiger partial charge on any atom is -0.495 e. The minimum atomic E-state index is -0.277. The Kier molecular flexibility index (Phi) is 4.07. The van der Waals surface area contributed by atoms with Gasteiger partial charge in [-0.15, -0.1) is 0 Å². The fourth-order valence-corrected chi connectivity index (χ4v) is 3.34. The SMILES string of the molecule is COc1c(Br)c(/C=C2\CCOC2=O)c(OC)c2ccccc12. The lowest BCUT2D eigenvalue weighted by Gasteiger charge is -2.16. The molecule has 2 aromatic rings. The molecule has 3 rings (SSSR count). The van der Waals surface area contributed by atoms with Crippen LogP contribution in [0.5, 0.6) is 11.5 Å². The Morgan fingerprint density at radius 2 is 1.77 bits per heavy atom. The van der Waals surface area contributed by atoms with Gasteiger partial charge in [-0.1, -0.05) is 24.3 Å². The van der Waals surface area contributed by atoms with Gasteiger partial charge in [-0.3, -0.25) is 0 Å². The van der Waals surface area contributed by atoms with Gasteiger partial charge in [0.15, 0.2) is 0 Å². The Labute approximate surface area is 136 Å². The topological polar surface area (TPSA) is 44.8 Å². The highest BCUT2D eigenvalue weighted by molar-refractivity contribution is 9.10. The molecule has 0 saturated carbocycles. The first-order chi connectivity index (χ1) is 10.7. The van der Waals surface area contributed by atoms with E-state index in [1.165, 1.54) is 0 Å². The van der Waals surface area contributed by atoms with Crippen molar-refractivity contribution in [2.75, 3.05) is 20.8 Å². The quantitative estimate of drug-likeness (QED) is 0.612. The molecule has 1 fully saturated rings. The number of carbonyl (C=O) groups is 1. The van der Waals surface area contributed by atoms with E-state index < -0.39 is 0 Å². The Hall–Kier alpha value is -2.01. The van der Waals surface area contributed by atoms with E-state index in [-0.39, 0.29) is 5.97 Å². The monoisotopic (exact) mass is 362 g/mol. The van der Waals surface area contributed by atoms with E-state index in [1.807, 2.05) is 30.3 Å². The number of methoxy groups -OCH3 is 2. The molecule has 0 radical (unpaired) electrons. The molecule has 1 aliphatic heterocycles. The molecule has 4 nitrogen and oxygen atoms in total. The molecule has 1 saturated heterocycles. The first-order valence-corrected chi connectivity index (χ1v) is 7.66. The van der Waals surface area contributed by atoms with Gasteiger partial charge in [-0.05, 0) is 22.0 Å². The summed E-state index contributed by atoms with van der Waals surface area (Å²) in [4.78, 5) is 11.7. The van der Waals surface area contributed by atoms with Gasteiger partial charge >= 0.3 is 5.97 Å². The minimum absolute atomic E-state index is 0.277. The summed E-state index contributed by atoms with van der Waals surface area (Å²) in [6, 6.07) is 7.84. The zero-order valence-corrected chi connectivity index (χ0v) is 13.9. The molecule has 0 aliphatic carbocycles. The van der Waals surface area contributed by atoms with Crippen LogP contribution in [0.1, 0.15) is 12.0 Å². The van der Waals surface area contributed by atoms with Crippen LogP contribution in [0.2, 0.25) is 0 Å². The van der Waals surface area contributed by atoms with Crippen LogP contribution in [-0.2, 0) is 9.53 Å². The van der Waals surface area contributed by atoms with E-state index in [1.54, 1.807) is 14.2 Å². The summed E-state index contributed by atoms with van der Waals surface area (Å²) in [7, 11) is 3.25. The van der Waals surface area contributed by atoms with Crippen molar-refractivity contribution >= 4 is 38.7 Å². The second-order valence-corrected chi connectivity index (χ2v) is 5.69. The molecule has 0 N–H and O–H groups in total. The van der Waals surface area contributed by atoms with Gasteiger partial charge in [-0.25, -0.2) is 4.79 Å². The Bertz CT molecular complexity index is 780. The fraction of sp³-hybridized carbons (Fsp3) is 0.235. The fourth-order valence-electron chi connectivity index (χ4n) is 2.67. The largest absolute Gasteiger partial charge is 0.495 e. The second kappa shape index (κ2) is 6.01. The molecule has 0 unspecified atom stereocenters. The van der Waals surface area contributed by atoms with Crippen LogP contribution in [0.4, 0.5) is 0 Å². The summed E-state index contributed by atoms with van der Waals surface area (Å²) in [5.41, 5.74) is 1.42. The zero-order valence-electron chi connectivity index (χ0n) is 12.3. The predicted molar refractivity (Wildman–Crippen MR) is 88.3 cm³/mol. The maximum Gasteiger partial charge on any atom is 0.334 e. The van der Waals surface area contributed by atoms with Crippen molar-refractivity contribution in [3.05, 3.63) is 39.9 Å². The molecule has 2 aromatic carbocycles. The van der Waals surface area contributed by atoms with Crippen LogP contribution >= 0.6 is 15.9 Å². The number of hydrogen-bond acceptors (Lipinski definition) is 4.